The molecule has 30 heavy (non-hydrogen) atoms. The van der Waals surface area contributed by atoms with E-state index >= 15 is 0 Å². The second kappa shape index (κ2) is 8.37. The van der Waals surface area contributed by atoms with Crippen LogP contribution in [0.2, 0.25) is 0 Å². The molecule has 0 saturated carbocycles. The monoisotopic (exact) mass is 433 g/mol. The highest BCUT2D eigenvalue weighted by molar-refractivity contribution is 7.88. The van der Waals surface area contributed by atoms with Gasteiger partial charge < -0.3 is 15.4 Å². The van der Waals surface area contributed by atoms with Crippen molar-refractivity contribution in [1.29, 1.82) is 0 Å². The molecule has 10 heteroatoms. The van der Waals surface area contributed by atoms with Crippen molar-refractivity contribution in [2.45, 2.75) is 25.3 Å². The first-order valence-corrected chi connectivity index (χ1v) is 12.0. The van der Waals surface area contributed by atoms with Crippen molar-refractivity contribution in [2.75, 3.05) is 31.2 Å². The molecule has 2 fully saturated rings. The number of hydrogen-bond donors (Lipinski definition) is 4. The Morgan fingerprint density at radius 2 is 1.90 bits per heavy atom. The van der Waals surface area contributed by atoms with Gasteiger partial charge in [-0.1, -0.05) is 12.1 Å². The fraction of sp³-hybridized carbons (Fsp3) is 0.500. The van der Waals surface area contributed by atoms with Crippen LogP contribution in [0.3, 0.4) is 0 Å². The summed E-state index contributed by atoms with van der Waals surface area (Å²) in [6, 6.07) is 7.30. The Labute approximate surface area is 175 Å². The number of benzene rings is 1. The zero-order valence-electron chi connectivity index (χ0n) is 16.8. The average Bonchev–Trinajstić information content (AvgIpc) is 3.37. The zero-order chi connectivity index (χ0) is 21.3. The Morgan fingerprint density at radius 3 is 2.53 bits per heavy atom. The van der Waals surface area contributed by atoms with Crippen LogP contribution >= 0.6 is 0 Å². The van der Waals surface area contributed by atoms with Crippen LogP contribution in [-0.2, 0) is 10.0 Å². The highest BCUT2D eigenvalue weighted by Gasteiger charge is 2.35. The summed E-state index contributed by atoms with van der Waals surface area (Å²) in [5, 5.41) is 14.7. The number of piperidine rings is 1. The van der Waals surface area contributed by atoms with Gasteiger partial charge in [0, 0.05) is 18.8 Å². The molecule has 2 aromatic rings. The topological polar surface area (TPSA) is 127 Å². The summed E-state index contributed by atoms with van der Waals surface area (Å²) in [6.07, 6.45) is 4.80. The lowest BCUT2D eigenvalue weighted by Crippen LogP contribution is -2.39. The molecule has 2 aliphatic heterocycles. The minimum absolute atomic E-state index is 0.157. The number of amides is 1. The summed E-state index contributed by atoms with van der Waals surface area (Å²) in [5.41, 5.74) is 2.35. The third-order valence-electron chi connectivity index (χ3n) is 6.17. The van der Waals surface area contributed by atoms with Crippen LogP contribution in [0.25, 0.3) is 11.3 Å². The van der Waals surface area contributed by atoms with Gasteiger partial charge in [0.1, 0.15) is 5.82 Å². The normalized spacial score (nSPS) is 23.5. The number of aromatic amines is 1. The van der Waals surface area contributed by atoms with E-state index in [1.807, 2.05) is 12.1 Å². The number of hydrogen-bond acceptors (Lipinski definition) is 5. The molecule has 0 spiro atoms. The average molecular weight is 434 g/mol. The predicted octanol–water partition coefficient (Wildman–Crippen LogP) is 2.49. The smallest absolute Gasteiger partial charge is 0.409 e. The first-order chi connectivity index (χ1) is 14.3. The number of sulfonamides is 1. The van der Waals surface area contributed by atoms with Crippen molar-refractivity contribution in [3.8, 4) is 11.3 Å². The molecule has 2 saturated heterocycles. The predicted molar refractivity (Wildman–Crippen MR) is 114 cm³/mol. The lowest BCUT2D eigenvalue weighted by atomic mass is 9.83. The summed E-state index contributed by atoms with van der Waals surface area (Å²) in [7, 11) is -3.09. The summed E-state index contributed by atoms with van der Waals surface area (Å²) < 4.78 is 25.0. The van der Waals surface area contributed by atoms with Crippen LogP contribution in [0.15, 0.2) is 30.5 Å². The van der Waals surface area contributed by atoms with Gasteiger partial charge in [-0.15, -0.1) is 0 Å². The van der Waals surface area contributed by atoms with Gasteiger partial charge in [0.25, 0.3) is 0 Å². The Kier molecular flexibility index (Phi) is 5.81. The van der Waals surface area contributed by atoms with Crippen LogP contribution < -0.4 is 10.6 Å². The third-order valence-corrected chi connectivity index (χ3v) is 7.48. The fourth-order valence-electron chi connectivity index (χ4n) is 4.53. The van der Waals surface area contributed by atoms with Crippen LogP contribution in [-0.4, -0.2) is 59.8 Å². The Hall–Kier alpha value is -2.43. The highest BCUT2D eigenvalue weighted by Crippen LogP contribution is 2.36. The second-order valence-electron chi connectivity index (χ2n) is 8.15. The van der Waals surface area contributed by atoms with Gasteiger partial charge in [-0.2, -0.15) is 0 Å². The van der Waals surface area contributed by atoms with Crippen molar-refractivity contribution in [2.24, 2.45) is 11.8 Å². The molecule has 1 aromatic carbocycles. The quantitative estimate of drug-likeness (QED) is 0.574. The van der Waals surface area contributed by atoms with Gasteiger partial charge >= 0.3 is 6.09 Å². The zero-order valence-corrected chi connectivity index (χ0v) is 17.7. The summed E-state index contributed by atoms with van der Waals surface area (Å²) >= 11 is 0. The lowest BCUT2D eigenvalue weighted by molar-refractivity contribution is 0.209. The Bertz CT molecular complexity index is 996. The molecular formula is C20H27N5O4S. The minimum Gasteiger partial charge on any atom is -0.465 e. The van der Waals surface area contributed by atoms with E-state index in [-0.39, 0.29) is 6.04 Å². The Morgan fingerprint density at radius 1 is 1.20 bits per heavy atom. The maximum absolute atomic E-state index is 11.7. The van der Waals surface area contributed by atoms with Crippen LogP contribution in [0.4, 0.5) is 10.5 Å². The maximum atomic E-state index is 11.7. The molecule has 0 bridgehead atoms. The van der Waals surface area contributed by atoms with Crippen LogP contribution in [0, 0.1) is 11.8 Å². The number of carboxylic acid groups (broad SMARTS) is 1. The molecule has 1 amide bonds. The van der Waals surface area contributed by atoms with Crippen molar-refractivity contribution in [3.63, 3.8) is 0 Å². The third kappa shape index (κ3) is 4.66. The molecule has 3 heterocycles. The van der Waals surface area contributed by atoms with Crippen molar-refractivity contribution in [1.82, 2.24) is 19.6 Å². The van der Waals surface area contributed by atoms with E-state index in [0.29, 0.717) is 30.6 Å². The Balaban J connectivity index is 1.35. The SMILES string of the molecule is CS(=O)(=O)N1CCC([C@@H]2CN[C@H](c3ncc(-c4ccc(NC(=O)O)cc4)[nH]3)C2)CC1. The van der Waals surface area contributed by atoms with Crippen molar-refractivity contribution < 1.29 is 18.3 Å². The van der Waals surface area contributed by atoms with Crippen LogP contribution in [0.1, 0.15) is 31.1 Å². The van der Waals surface area contributed by atoms with Gasteiger partial charge in [0.15, 0.2) is 0 Å². The number of aromatic nitrogens is 2. The molecular weight excluding hydrogens is 406 g/mol. The maximum Gasteiger partial charge on any atom is 0.409 e. The number of nitrogens with zero attached hydrogens (tertiary/aromatic N) is 2. The van der Waals surface area contributed by atoms with E-state index in [0.717, 1.165) is 42.9 Å². The van der Waals surface area contributed by atoms with Crippen molar-refractivity contribution >= 4 is 21.8 Å². The molecule has 9 nitrogen and oxygen atoms in total. The number of carbonyl (C=O) groups is 1. The summed E-state index contributed by atoms with van der Waals surface area (Å²) in [4.78, 5) is 18.6. The van der Waals surface area contributed by atoms with E-state index in [2.05, 4.69) is 20.6 Å². The first kappa shape index (κ1) is 20.8. The van der Waals surface area contributed by atoms with Crippen LogP contribution in [0.5, 0.6) is 0 Å². The van der Waals surface area contributed by atoms with Gasteiger partial charge in [-0.05, 0) is 55.3 Å². The molecule has 0 aliphatic carbocycles. The number of H-pyrrole nitrogens is 1. The number of imidazole rings is 1. The van der Waals surface area contributed by atoms with Gasteiger partial charge in [-0.25, -0.2) is 22.5 Å². The van der Waals surface area contributed by atoms with Gasteiger partial charge in [0.05, 0.1) is 24.2 Å². The van der Waals surface area contributed by atoms with E-state index in [1.54, 1.807) is 22.6 Å². The summed E-state index contributed by atoms with van der Waals surface area (Å²) in [5.74, 6) is 1.95. The van der Waals surface area contributed by atoms with E-state index in [4.69, 9.17) is 5.11 Å². The first-order valence-electron chi connectivity index (χ1n) is 10.1. The minimum atomic E-state index is -3.09. The number of nitrogens with one attached hydrogen (secondary N) is 3. The molecule has 2 atom stereocenters. The largest absolute Gasteiger partial charge is 0.465 e. The lowest BCUT2D eigenvalue weighted by Gasteiger charge is -2.33. The molecule has 2 aliphatic rings. The molecule has 4 rings (SSSR count). The molecule has 4 N–H and O–H groups in total. The summed E-state index contributed by atoms with van der Waals surface area (Å²) in [6.45, 7) is 2.14. The molecule has 0 radical (unpaired) electrons. The number of anilines is 1. The standard InChI is InChI=1S/C20H27N5O4S/c1-30(28,29)25-8-6-13(7-9-25)15-10-17(21-11-15)19-22-12-18(24-19)14-2-4-16(5-3-14)23-20(26)27/h2-5,12-13,15,17,21,23H,6-11H2,1H3,(H,22,24)(H,26,27)/t15-,17-/m0/s1. The second-order valence-corrected chi connectivity index (χ2v) is 10.1. The molecule has 0 unspecified atom stereocenters. The van der Waals surface area contributed by atoms with E-state index in [9.17, 15) is 13.2 Å². The molecule has 162 valence electrons. The van der Waals surface area contributed by atoms with E-state index in [1.165, 1.54) is 6.26 Å². The van der Waals surface area contributed by atoms with E-state index < -0.39 is 16.1 Å². The number of rotatable bonds is 5. The molecule has 1 aromatic heterocycles. The van der Waals surface area contributed by atoms with Crippen molar-refractivity contribution in [3.05, 3.63) is 36.3 Å². The fourth-order valence-corrected chi connectivity index (χ4v) is 5.40. The highest BCUT2D eigenvalue weighted by atomic mass is 32.2. The van der Waals surface area contributed by atoms with Gasteiger partial charge in [-0.3, -0.25) is 5.32 Å². The van der Waals surface area contributed by atoms with Gasteiger partial charge in [0.2, 0.25) is 10.0 Å².